The first-order valence-corrected chi connectivity index (χ1v) is 4.65. The zero-order valence-corrected chi connectivity index (χ0v) is 8.73. The molecule has 1 rings (SSSR count). The lowest BCUT2D eigenvalue weighted by molar-refractivity contribution is 0.328. The van der Waals surface area contributed by atoms with Crippen molar-refractivity contribution in [3.8, 4) is 5.88 Å². The molecule has 0 amide bonds. The summed E-state index contributed by atoms with van der Waals surface area (Å²) in [5, 5.41) is 0. The van der Waals surface area contributed by atoms with Crippen molar-refractivity contribution in [2.24, 2.45) is 5.73 Å². The molecule has 0 spiro atoms. The van der Waals surface area contributed by atoms with Gasteiger partial charge in [0, 0.05) is 25.7 Å². The highest BCUT2D eigenvalue weighted by molar-refractivity contribution is 5.15. The summed E-state index contributed by atoms with van der Waals surface area (Å²) in [6.07, 6.45) is 0. The van der Waals surface area contributed by atoms with Crippen LogP contribution in [0.2, 0.25) is 0 Å². The molecule has 0 unspecified atom stereocenters. The summed E-state index contributed by atoms with van der Waals surface area (Å²) in [5.74, 6) is 0.656. The number of methoxy groups -OCH3 is 1. The van der Waals surface area contributed by atoms with Gasteiger partial charge < -0.3 is 10.5 Å². The van der Waals surface area contributed by atoms with Gasteiger partial charge >= 0.3 is 0 Å². The lowest BCUT2D eigenvalue weighted by atomic mass is 10.3. The van der Waals surface area contributed by atoms with Gasteiger partial charge in [-0.05, 0) is 13.1 Å². The standard InChI is InChI=1S/C10H17N3O/c1-13(7-6-11)8-9-4-3-5-10(12-9)14-2/h3-5H,6-8,11H2,1-2H3. The quantitative estimate of drug-likeness (QED) is 0.742. The smallest absolute Gasteiger partial charge is 0.213 e. The fraction of sp³-hybridized carbons (Fsp3) is 0.500. The molecule has 78 valence electrons. The lowest BCUT2D eigenvalue weighted by Crippen LogP contribution is -2.25. The summed E-state index contributed by atoms with van der Waals surface area (Å²) < 4.78 is 5.04. The van der Waals surface area contributed by atoms with E-state index in [1.165, 1.54) is 0 Å². The zero-order valence-electron chi connectivity index (χ0n) is 8.73. The molecule has 0 aliphatic heterocycles. The van der Waals surface area contributed by atoms with Gasteiger partial charge in [-0.1, -0.05) is 6.07 Å². The molecule has 0 aliphatic carbocycles. The van der Waals surface area contributed by atoms with Crippen molar-refractivity contribution < 1.29 is 4.74 Å². The Morgan fingerprint density at radius 2 is 2.29 bits per heavy atom. The van der Waals surface area contributed by atoms with E-state index in [0.29, 0.717) is 12.4 Å². The number of ether oxygens (including phenoxy) is 1. The van der Waals surface area contributed by atoms with Gasteiger partial charge in [0.1, 0.15) is 0 Å². The molecular formula is C10H17N3O. The van der Waals surface area contributed by atoms with E-state index in [1.54, 1.807) is 7.11 Å². The first-order valence-electron chi connectivity index (χ1n) is 4.65. The van der Waals surface area contributed by atoms with Crippen molar-refractivity contribution in [1.82, 2.24) is 9.88 Å². The first kappa shape index (κ1) is 10.9. The van der Waals surface area contributed by atoms with E-state index in [9.17, 15) is 0 Å². The summed E-state index contributed by atoms with van der Waals surface area (Å²) in [7, 11) is 3.64. The number of aromatic nitrogens is 1. The van der Waals surface area contributed by atoms with Gasteiger partial charge in [0.25, 0.3) is 0 Å². The SMILES string of the molecule is COc1cccc(CN(C)CCN)n1. The fourth-order valence-electron chi connectivity index (χ4n) is 1.24. The lowest BCUT2D eigenvalue weighted by Gasteiger charge is -2.14. The van der Waals surface area contributed by atoms with Gasteiger partial charge in [-0.3, -0.25) is 4.90 Å². The van der Waals surface area contributed by atoms with Crippen molar-refractivity contribution in [2.45, 2.75) is 6.54 Å². The maximum Gasteiger partial charge on any atom is 0.213 e. The number of nitrogens with zero attached hydrogens (tertiary/aromatic N) is 2. The molecule has 0 fully saturated rings. The molecule has 1 aromatic rings. The number of rotatable bonds is 5. The molecule has 1 heterocycles. The monoisotopic (exact) mass is 195 g/mol. The fourth-order valence-corrected chi connectivity index (χ4v) is 1.24. The summed E-state index contributed by atoms with van der Waals surface area (Å²) in [4.78, 5) is 6.44. The topological polar surface area (TPSA) is 51.4 Å². The minimum absolute atomic E-state index is 0.656. The van der Waals surface area contributed by atoms with Crippen LogP contribution in [0.15, 0.2) is 18.2 Å². The summed E-state index contributed by atoms with van der Waals surface area (Å²) >= 11 is 0. The number of pyridine rings is 1. The summed E-state index contributed by atoms with van der Waals surface area (Å²) in [5.41, 5.74) is 6.45. The van der Waals surface area contributed by atoms with Crippen LogP contribution in [-0.4, -0.2) is 37.1 Å². The second kappa shape index (κ2) is 5.57. The number of hydrogen-bond acceptors (Lipinski definition) is 4. The van der Waals surface area contributed by atoms with Crippen molar-refractivity contribution in [2.75, 3.05) is 27.2 Å². The normalized spacial score (nSPS) is 10.6. The molecular weight excluding hydrogens is 178 g/mol. The molecule has 0 atom stereocenters. The second-order valence-electron chi connectivity index (χ2n) is 3.20. The van der Waals surface area contributed by atoms with Crippen molar-refractivity contribution in [1.29, 1.82) is 0 Å². The van der Waals surface area contributed by atoms with Crippen molar-refractivity contribution >= 4 is 0 Å². The third kappa shape index (κ3) is 3.32. The molecule has 0 radical (unpaired) electrons. The Morgan fingerprint density at radius 3 is 2.93 bits per heavy atom. The van der Waals surface area contributed by atoms with Gasteiger partial charge in [0.05, 0.1) is 12.8 Å². The average molecular weight is 195 g/mol. The van der Waals surface area contributed by atoms with Crippen LogP contribution < -0.4 is 10.5 Å². The van der Waals surface area contributed by atoms with E-state index in [1.807, 2.05) is 25.2 Å². The van der Waals surface area contributed by atoms with E-state index >= 15 is 0 Å². The Morgan fingerprint density at radius 1 is 1.50 bits per heavy atom. The maximum absolute atomic E-state index is 5.45. The number of hydrogen-bond donors (Lipinski definition) is 1. The molecule has 0 bridgehead atoms. The third-order valence-electron chi connectivity index (χ3n) is 1.93. The molecule has 0 saturated heterocycles. The first-order chi connectivity index (χ1) is 6.76. The molecule has 0 saturated carbocycles. The predicted molar refractivity (Wildman–Crippen MR) is 56.2 cm³/mol. The van der Waals surface area contributed by atoms with Crippen LogP contribution in [-0.2, 0) is 6.54 Å². The van der Waals surface area contributed by atoms with Gasteiger partial charge in [-0.25, -0.2) is 4.98 Å². The number of likely N-dealkylation sites (N-methyl/N-ethyl adjacent to an activating group) is 1. The van der Waals surface area contributed by atoms with E-state index in [-0.39, 0.29) is 0 Å². The van der Waals surface area contributed by atoms with Crippen molar-refractivity contribution in [3.05, 3.63) is 23.9 Å². The van der Waals surface area contributed by atoms with E-state index in [4.69, 9.17) is 10.5 Å². The van der Waals surface area contributed by atoms with E-state index in [2.05, 4.69) is 9.88 Å². The minimum atomic E-state index is 0.656. The molecule has 4 heteroatoms. The molecule has 0 aromatic carbocycles. The minimum Gasteiger partial charge on any atom is -0.481 e. The van der Waals surface area contributed by atoms with Gasteiger partial charge in [0.15, 0.2) is 0 Å². The highest BCUT2D eigenvalue weighted by Crippen LogP contribution is 2.07. The summed E-state index contributed by atoms with van der Waals surface area (Å²) in [6, 6.07) is 5.76. The predicted octanol–water partition coefficient (Wildman–Crippen LogP) is 0.481. The van der Waals surface area contributed by atoms with Crippen LogP contribution in [0.25, 0.3) is 0 Å². The van der Waals surface area contributed by atoms with Gasteiger partial charge in [-0.15, -0.1) is 0 Å². The van der Waals surface area contributed by atoms with Crippen LogP contribution in [0.3, 0.4) is 0 Å². The molecule has 0 aliphatic rings. The van der Waals surface area contributed by atoms with Crippen LogP contribution in [0.1, 0.15) is 5.69 Å². The molecule has 14 heavy (non-hydrogen) atoms. The van der Waals surface area contributed by atoms with Gasteiger partial charge in [0.2, 0.25) is 5.88 Å². The molecule has 2 N–H and O–H groups in total. The van der Waals surface area contributed by atoms with Crippen LogP contribution in [0, 0.1) is 0 Å². The Hall–Kier alpha value is -1.13. The van der Waals surface area contributed by atoms with E-state index in [0.717, 1.165) is 18.8 Å². The Balaban J connectivity index is 2.57. The average Bonchev–Trinajstić information content (AvgIpc) is 2.18. The summed E-state index contributed by atoms with van der Waals surface area (Å²) in [6.45, 7) is 2.34. The van der Waals surface area contributed by atoms with E-state index < -0.39 is 0 Å². The third-order valence-corrected chi connectivity index (χ3v) is 1.93. The van der Waals surface area contributed by atoms with Crippen LogP contribution in [0.4, 0.5) is 0 Å². The molecule has 1 aromatic heterocycles. The Bertz CT molecular complexity index is 278. The zero-order chi connectivity index (χ0) is 10.4. The second-order valence-corrected chi connectivity index (χ2v) is 3.20. The van der Waals surface area contributed by atoms with Gasteiger partial charge in [-0.2, -0.15) is 0 Å². The Kier molecular flexibility index (Phi) is 4.35. The maximum atomic E-state index is 5.45. The highest BCUT2D eigenvalue weighted by atomic mass is 16.5. The van der Waals surface area contributed by atoms with Crippen LogP contribution in [0.5, 0.6) is 5.88 Å². The molecule has 4 nitrogen and oxygen atoms in total. The Labute approximate surface area is 84.7 Å². The van der Waals surface area contributed by atoms with Crippen molar-refractivity contribution in [3.63, 3.8) is 0 Å². The highest BCUT2D eigenvalue weighted by Gasteiger charge is 2.01. The number of nitrogens with two attached hydrogens (primary N) is 1. The van der Waals surface area contributed by atoms with Crippen LogP contribution >= 0.6 is 0 Å². The largest absolute Gasteiger partial charge is 0.481 e.